The van der Waals surface area contributed by atoms with Crippen LogP contribution in [-0.4, -0.2) is 29.5 Å². The molecule has 4 heterocycles. The number of nitrogen functional groups attached to an aromatic ring is 1. The van der Waals surface area contributed by atoms with E-state index in [0.29, 0.717) is 22.8 Å². The number of imidazole rings is 1. The first-order chi connectivity index (χ1) is 17.5. The van der Waals surface area contributed by atoms with Crippen LogP contribution in [0.1, 0.15) is 11.4 Å². The van der Waals surface area contributed by atoms with Crippen molar-refractivity contribution in [3.8, 4) is 22.6 Å². The van der Waals surface area contributed by atoms with E-state index in [-0.39, 0.29) is 29.5 Å². The highest BCUT2D eigenvalue weighted by molar-refractivity contribution is 5.96. The number of hydrogen-bond donors (Lipinski definition) is 1. The summed E-state index contributed by atoms with van der Waals surface area (Å²) < 4.78 is 43.3. The van der Waals surface area contributed by atoms with Crippen LogP contribution in [0.2, 0.25) is 0 Å². The fourth-order valence-corrected chi connectivity index (χ4v) is 4.23. The highest BCUT2D eigenvalue weighted by Gasteiger charge is 2.20. The molecule has 0 aliphatic rings. The lowest BCUT2D eigenvalue weighted by Crippen LogP contribution is -2.03. The van der Waals surface area contributed by atoms with E-state index in [9.17, 15) is 13.2 Å². The number of rotatable bonds is 4. The molecule has 0 saturated heterocycles. The van der Waals surface area contributed by atoms with E-state index in [2.05, 4.69) is 25.0 Å². The topological polar surface area (TPSA) is 94.9 Å². The predicted octanol–water partition coefficient (Wildman–Crippen LogP) is 4.99. The van der Waals surface area contributed by atoms with Crippen molar-refractivity contribution in [3.05, 3.63) is 102 Å². The molecule has 2 aromatic carbocycles. The molecule has 0 radical (unpaired) electrons. The summed E-state index contributed by atoms with van der Waals surface area (Å²) in [6.07, 6.45) is 4.66. The lowest BCUT2D eigenvalue weighted by atomic mass is 10.0. The highest BCUT2D eigenvalue weighted by Crippen LogP contribution is 2.32. The SMILES string of the molecule is Nc1nc(-c2nc(Cc3cc(F)cc(F)c3F)n3ncccc23)ncc1-c1cccc2ncccc12. The van der Waals surface area contributed by atoms with Gasteiger partial charge in [-0.1, -0.05) is 18.2 Å². The summed E-state index contributed by atoms with van der Waals surface area (Å²) in [5.41, 5.74) is 9.35. The van der Waals surface area contributed by atoms with Gasteiger partial charge in [0.1, 0.15) is 23.2 Å². The second-order valence-electron chi connectivity index (χ2n) is 8.10. The molecule has 10 heteroatoms. The van der Waals surface area contributed by atoms with Gasteiger partial charge < -0.3 is 5.73 Å². The Bertz CT molecular complexity index is 1780. The van der Waals surface area contributed by atoms with Crippen LogP contribution >= 0.6 is 0 Å². The van der Waals surface area contributed by atoms with Gasteiger partial charge in [0.05, 0.1) is 11.0 Å². The summed E-state index contributed by atoms with van der Waals surface area (Å²) in [6.45, 7) is 0. The average Bonchev–Trinajstić information content (AvgIpc) is 3.25. The van der Waals surface area contributed by atoms with E-state index >= 15 is 0 Å². The van der Waals surface area contributed by atoms with Gasteiger partial charge in [0.2, 0.25) is 0 Å². The van der Waals surface area contributed by atoms with E-state index in [1.165, 1.54) is 10.7 Å². The lowest BCUT2D eigenvalue weighted by molar-refractivity contribution is 0.486. The first-order valence-corrected chi connectivity index (χ1v) is 10.9. The molecule has 0 spiro atoms. The van der Waals surface area contributed by atoms with Crippen LogP contribution in [0.3, 0.4) is 0 Å². The van der Waals surface area contributed by atoms with Crippen molar-refractivity contribution in [1.82, 2.24) is 29.5 Å². The van der Waals surface area contributed by atoms with E-state index in [1.54, 1.807) is 24.5 Å². The van der Waals surface area contributed by atoms with Crippen LogP contribution in [0.25, 0.3) is 39.1 Å². The van der Waals surface area contributed by atoms with E-state index in [4.69, 9.17) is 5.73 Å². The second-order valence-corrected chi connectivity index (χ2v) is 8.10. The summed E-state index contributed by atoms with van der Waals surface area (Å²) in [7, 11) is 0. The van der Waals surface area contributed by atoms with Crippen LogP contribution in [0, 0.1) is 17.5 Å². The molecule has 7 nitrogen and oxygen atoms in total. The van der Waals surface area contributed by atoms with Crippen LogP contribution in [0.5, 0.6) is 0 Å². The maximum atomic E-state index is 14.3. The van der Waals surface area contributed by atoms with Gasteiger partial charge in [0, 0.05) is 47.6 Å². The van der Waals surface area contributed by atoms with Crippen LogP contribution in [0.15, 0.2) is 73.2 Å². The molecule has 0 aliphatic heterocycles. The van der Waals surface area contributed by atoms with Gasteiger partial charge in [-0.25, -0.2) is 32.6 Å². The van der Waals surface area contributed by atoms with Crippen molar-refractivity contribution in [2.45, 2.75) is 6.42 Å². The Kier molecular flexibility index (Phi) is 5.06. The van der Waals surface area contributed by atoms with E-state index in [1.807, 2.05) is 30.3 Å². The zero-order valence-electron chi connectivity index (χ0n) is 18.5. The third kappa shape index (κ3) is 3.59. The quantitative estimate of drug-likeness (QED) is 0.355. The minimum atomic E-state index is -1.27. The lowest BCUT2D eigenvalue weighted by Gasteiger charge is -2.09. The molecule has 6 rings (SSSR count). The minimum absolute atomic E-state index is 0.183. The van der Waals surface area contributed by atoms with Gasteiger partial charge in [0.25, 0.3) is 0 Å². The largest absolute Gasteiger partial charge is 0.383 e. The molecule has 0 amide bonds. The average molecular weight is 483 g/mol. The monoisotopic (exact) mass is 483 g/mol. The number of anilines is 1. The normalized spacial score (nSPS) is 11.4. The molecule has 0 fully saturated rings. The third-order valence-electron chi connectivity index (χ3n) is 5.86. The Labute approximate surface area is 202 Å². The number of fused-ring (bicyclic) bond motifs is 2. The molecule has 36 heavy (non-hydrogen) atoms. The molecule has 176 valence electrons. The first-order valence-electron chi connectivity index (χ1n) is 10.9. The van der Waals surface area contributed by atoms with Gasteiger partial charge >= 0.3 is 0 Å². The molecule has 0 saturated carbocycles. The van der Waals surface area contributed by atoms with Crippen molar-refractivity contribution in [1.29, 1.82) is 0 Å². The van der Waals surface area contributed by atoms with Gasteiger partial charge in [-0.15, -0.1) is 0 Å². The fraction of sp³-hybridized carbons (Fsp3) is 0.0385. The van der Waals surface area contributed by atoms with E-state index < -0.39 is 17.5 Å². The molecular weight excluding hydrogens is 467 g/mol. The third-order valence-corrected chi connectivity index (χ3v) is 5.86. The number of nitrogens with zero attached hydrogens (tertiary/aromatic N) is 6. The summed E-state index contributed by atoms with van der Waals surface area (Å²) in [6, 6.07) is 14.4. The zero-order chi connectivity index (χ0) is 24.8. The Morgan fingerprint density at radius 1 is 0.861 bits per heavy atom. The molecule has 0 aliphatic carbocycles. The van der Waals surface area contributed by atoms with Crippen molar-refractivity contribution in [2.24, 2.45) is 0 Å². The standard InChI is InChI=1S/C26H16F3N7/c27-15-10-14(23(29)19(28)12-15)11-22-34-24(21-7-3-9-33-36(21)22)26-32-13-18(25(30)35-26)16-4-1-6-20-17(16)5-2-8-31-20/h1-10,12-13H,11H2,(H2,30,32,35). The smallest absolute Gasteiger partial charge is 0.182 e. The van der Waals surface area contributed by atoms with Gasteiger partial charge in [-0.3, -0.25) is 4.98 Å². The zero-order valence-corrected chi connectivity index (χ0v) is 18.5. The van der Waals surface area contributed by atoms with Gasteiger partial charge in [-0.05, 0) is 35.9 Å². The minimum Gasteiger partial charge on any atom is -0.383 e. The summed E-state index contributed by atoms with van der Waals surface area (Å²) in [5.74, 6) is -2.56. The fourth-order valence-electron chi connectivity index (χ4n) is 4.23. The Morgan fingerprint density at radius 2 is 1.72 bits per heavy atom. The number of hydrogen-bond acceptors (Lipinski definition) is 6. The molecule has 0 unspecified atom stereocenters. The van der Waals surface area contributed by atoms with Crippen molar-refractivity contribution in [3.63, 3.8) is 0 Å². The van der Waals surface area contributed by atoms with Crippen molar-refractivity contribution < 1.29 is 13.2 Å². The molecule has 4 aromatic heterocycles. The Balaban J connectivity index is 1.45. The summed E-state index contributed by atoms with van der Waals surface area (Å²) in [5, 5.41) is 5.18. The Hall–Kier alpha value is -4.86. The van der Waals surface area contributed by atoms with E-state index in [0.717, 1.165) is 22.5 Å². The summed E-state index contributed by atoms with van der Waals surface area (Å²) >= 11 is 0. The van der Waals surface area contributed by atoms with Gasteiger partial charge in [0.15, 0.2) is 17.5 Å². The number of halogens is 3. The number of pyridine rings is 1. The van der Waals surface area contributed by atoms with Crippen LogP contribution in [0.4, 0.5) is 19.0 Å². The van der Waals surface area contributed by atoms with Gasteiger partial charge in [-0.2, -0.15) is 5.10 Å². The van der Waals surface area contributed by atoms with Crippen LogP contribution in [-0.2, 0) is 6.42 Å². The molecule has 2 N–H and O–H groups in total. The molecule has 0 bridgehead atoms. The number of nitrogens with two attached hydrogens (primary N) is 1. The first kappa shape index (κ1) is 21.7. The van der Waals surface area contributed by atoms with Crippen LogP contribution < -0.4 is 5.73 Å². The maximum Gasteiger partial charge on any atom is 0.182 e. The number of aromatic nitrogens is 6. The molecule has 6 aromatic rings. The molecular formula is C26H16F3N7. The molecule has 0 atom stereocenters. The number of benzene rings is 2. The maximum absolute atomic E-state index is 14.3. The predicted molar refractivity (Wildman–Crippen MR) is 128 cm³/mol. The van der Waals surface area contributed by atoms with Crippen molar-refractivity contribution >= 4 is 22.2 Å². The summed E-state index contributed by atoms with van der Waals surface area (Å²) in [4.78, 5) is 17.9. The van der Waals surface area contributed by atoms with Crippen molar-refractivity contribution in [2.75, 3.05) is 5.73 Å². The Morgan fingerprint density at radius 3 is 2.58 bits per heavy atom. The highest BCUT2D eigenvalue weighted by atomic mass is 19.2. The second kappa shape index (κ2) is 8.42.